The number of aromatic nitrogens is 5. The van der Waals surface area contributed by atoms with E-state index in [9.17, 15) is 0 Å². The molecule has 0 spiro atoms. The Morgan fingerprint density at radius 1 is 0.269 bits per heavy atom. The van der Waals surface area contributed by atoms with E-state index < -0.39 is 0 Å². The number of hydrogen-bond acceptors (Lipinski definition) is 1. The summed E-state index contributed by atoms with van der Waals surface area (Å²) < 4.78 is 9.89. The van der Waals surface area contributed by atoms with Gasteiger partial charge in [-0.2, -0.15) is 0 Å². The summed E-state index contributed by atoms with van der Waals surface area (Å²) >= 11 is 0. The molecule has 19 rings (SSSR count). The number of pyridine rings is 1. The van der Waals surface area contributed by atoms with Crippen molar-refractivity contribution in [2.24, 2.45) is 0 Å². The van der Waals surface area contributed by atoms with Gasteiger partial charge in [0.1, 0.15) is 5.65 Å². The van der Waals surface area contributed by atoms with Gasteiger partial charge in [0.2, 0.25) is 0 Å². The van der Waals surface area contributed by atoms with Gasteiger partial charge in [0.15, 0.2) is 0 Å². The highest BCUT2D eigenvalue weighted by molar-refractivity contribution is 6.40. The maximum absolute atomic E-state index is 5.70. The zero-order chi connectivity index (χ0) is 50.5. The van der Waals surface area contributed by atoms with E-state index in [-0.39, 0.29) is 0 Å². The Bertz CT molecular complexity index is 5790. The SMILES string of the molecule is c1ccc(-n2c3ccccc3c3cc(-c4c5ccccc5cc5c6cc7ccccc7c7c8c9c%10cccc%11c%12cccc(-c%13ccc%14c(c%13)c%13ccccc%13n%14-c%13ccccc%13)c%12n(c9ncc8n(c45)c67)c%11%10)ccc32)cc1. The quantitative estimate of drug-likeness (QED) is 0.173. The van der Waals surface area contributed by atoms with E-state index in [0.29, 0.717) is 0 Å². The molecule has 0 amide bonds. The van der Waals surface area contributed by atoms with Crippen molar-refractivity contribution in [3.8, 4) is 33.6 Å². The van der Waals surface area contributed by atoms with Crippen molar-refractivity contribution in [3.63, 3.8) is 0 Å². The third kappa shape index (κ3) is 5.04. The summed E-state index contributed by atoms with van der Waals surface area (Å²) in [6, 6.07) is 89.9. The first-order valence-corrected chi connectivity index (χ1v) is 27.0. The molecule has 358 valence electrons. The van der Waals surface area contributed by atoms with Crippen molar-refractivity contribution in [1.82, 2.24) is 22.9 Å². The molecule has 7 heterocycles. The van der Waals surface area contributed by atoms with Gasteiger partial charge in [-0.15, -0.1) is 0 Å². The summed E-state index contributed by atoms with van der Waals surface area (Å²) in [4.78, 5) is 5.70. The molecule has 0 unspecified atom stereocenters. The molecule has 7 aromatic heterocycles. The Hall–Kier alpha value is -10.5. The fourth-order valence-corrected chi connectivity index (χ4v) is 14.5. The fraction of sp³-hybridized carbons (Fsp3) is 0. The predicted octanol–water partition coefficient (Wildman–Crippen LogP) is 19.2. The van der Waals surface area contributed by atoms with Crippen LogP contribution in [-0.4, -0.2) is 22.9 Å². The number of para-hydroxylation sites is 6. The van der Waals surface area contributed by atoms with Gasteiger partial charge in [-0.1, -0.05) is 170 Å². The maximum atomic E-state index is 5.70. The summed E-state index contributed by atoms with van der Waals surface area (Å²) in [7, 11) is 0. The Labute approximate surface area is 444 Å². The second-order valence-electron chi connectivity index (χ2n) is 21.4. The molecule has 0 bridgehead atoms. The summed E-state index contributed by atoms with van der Waals surface area (Å²) in [6.07, 6.45) is 2.19. The van der Waals surface area contributed by atoms with Crippen LogP contribution < -0.4 is 0 Å². The number of rotatable bonds is 4. The summed E-state index contributed by atoms with van der Waals surface area (Å²) in [6.45, 7) is 0. The molecule has 0 radical (unpaired) electrons. The zero-order valence-corrected chi connectivity index (χ0v) is 41.9. The minimum absolute atomic E-state index is 0.978. The van der Waals surface area contributed by atoms with Crippen molar-refractivity contribution in [2.75, 3.05) is 0 Å². The predicted molar refractivity (Wildman–Crippen MR) is 328 cm³/mol. The fourth-order valence-electron chi connectivity index (χ4n) is 14.5. The van der Waals surface area contributed by atoms with Crippen LogP contribution in [0.5, 0.6) is 0 Å². The molecule has 78 heavy (non-hydrogen) atoms. The summed E-state index contributed by atoms with van der Waals surface area (Å²) in [5.41, 5.74) is 18.8. The van der Waals surface area contributed by atoms with E-state index in [1.807, 2.05) is 0 Å². The molecule has 19 aromatic rings. The summed E-state index contributed by atoms with van der Waals surface area (Å²) in [5, 5.41) is 19.8. The number of benzene rings is 12. The molecule has 0 saturated heterocycles. The lowest BCUT2D eigenvalue weighted by molar-refractivity contribution is 1.18. The Morgan fingerprint density at radius 3 is 1.47 bits per heavy atom. The van der Waals surface area contributed by atoms with Crippen molar-refractivity contribution in [2.45, 2.75) is 0 Å². The van der Waals surface area contributed by atoms with Gasteiger partial charge in [0.05, 0.1) is 55.8 Å². The standard InChI is InChI=1S/C73H41N5/c1-3-19-46(20-4-1)75-60-31-13-11-25-51(60)56-37-44(33-35-62(56)75)50-27-15-28-53-54-29-16-30-55-67-68-64(41-74-73(67)78(69(50)53)70(54)55)77-71-58(59-39-43-18-8-10-24-49(43)66(68)72(59)77)38-42-17-7-9-23-48(42)65(71)45-34-36-63-57(40-45)52-26-12-14-32-61(52)76(63)47-21-5-2-6-22-47/h1-41H. The highest BCUT2D eigenvalue weighted by Crippen LogP contribution is 2.52. The van der Waals surface area contributed by atoms with E-state index in [1.165, 1.54) is 153 Å². The molecule has 5 nitrogen and oxygen atoms in total. The average Bonchev–Trinajstić information content (AvgIpc) is 3.18. The van der Waals surface area contributed by atoms with Crippen LogP contribution in [-0.2, 0) is 0 Å². The Morgan fingerprint density at radius 2 is 0.782 bits per heavy atom. The second kappa shape index (κ2) is 14.7. The third-order valence-corrected chi connectivity index (χ3v) is 17.6. The monoisotopic (exact) mass is 987 g/mol. The van der Waals surface area contributed by atoms with Crippen molar-refractivity contribution in [3.05, 3.63) is 249 Å². The lowest BCUT2D eigenvalue weighted by atomic mass is 9.93. The van der Waals surface area contributed by atoms with Crippen molar-refractivity contribution >= 4 is 141 Å². The first-order chi connectivity index (χ1) is 38.7. The van der Waals surface area contributed by atoms with Crippen LogP contribution in [0.3, 0.4) is 0 Å². The molecule has 5 heteroatoms. The van der Waals surface area contributed by atoms with Gasteiger partial charge in [-0.05, 0) is 105 Å². The van der Waals surface area contributed by atoms with E-state index >= 15 is 0 Å². The van der Waals surface area contributed by atoms with Crippen LogP contribution in [0.2, 0.25) is 0 Å². The van der Waals surface area contributed by atoms with Crippen LogP contribution >= 0.6 is 0 Å². The van der Waals surface area contributed by atoms with Crippen molar-refractivity contribution in [1.29, 1.82) is 0 Å². The van der Waals surface area contributed by atoms with E-state index in [0.717, 1.165) is 22.5 Å². The van der Waals surface area contributed by atoms with E-state index in [2.05, 4.69) is 267 Å². The van der Waals surface area contributed by atoms with Gasteiger partial charge < -0.3 is 13.5 Å². The number of hydrogen-bond donors (Lipinski definition) is 0. The second-order valence-corrected chi connectivity index (χ2v) is 21.4. The summed E-state index contributed by atoms with van der Waals surface area (Å²) in [5.74, 6) is 0. The zero-order valence-electron chi connectivity index (χ0n) is 41.9. The Kier molecular flexibility index (Phi) is 7.68. The molecule has 0 saturated carbocycles. The highest BCUT2D eigenvalue weighted by Gasteiger charge is 2.29. The van der Waals surface area contributed by atoms with Crippen LogP contribution in [0.15, 0.2) is 249 Å². The molecule has 0 aliphatic rings. The first kappa shape index (κ1) is 40.8. The van der Waals surface area contributed by atoms with Gasteiger partial charge in [-0.3, -0.25) is 4.40 Å². The van der Waals surface area contributed by atoms with E-state index in [1.54, 1.807) is 0 Å². The molecule has 0 fully saturated rings. The third-order valence-electron chi connectivity index (χ3n) is 17.6. The lowest BCUT2D eigenvalue weighted by Crippen LogP contribution is -1.93. The van der Waals surface area contributed by atoms with E-state index in [4.69, 9.17) is 4.98 Å². The molecule has 12 aromatic carbocycles. The number of fused-ring (bicyclic) bond motifs is 22. The maximum Gasteiger partial charge on any atom is 0.146 e. The van der Waals surface area contributed by atoms with Crippen LogP contribution in [0, 0.1) is 0 Å². The molecular formula is C73H41N5. The van der Waals surface area contributed by atoms with Gasteiger partial charge in [0, 0.05) is 87.1 Å². The minimum Gasteiger partial charge on any atom is -0.309 e. The molecule has 0 N–H and O–H groups in total. The largest absolute Gasteiger partial charge is 0.309 e. The van der Waals surface area contributed by atoms with Gasteiger partial charge >= 0.3 is 0 Å². The van der Waals surface area contributed by atoms with Crippen molar-refractivity contribution < 1.29 is 0 Å². The normalized spacial score (nSPS) is 12.6. The smallest absolute Gasteiger partial charge is 0.146 e. The lowest BCUT2D eigenvalue weighted by Gasteiger charge is -2.13. The van der Waals surface area contributed by atoms with Crippen LogP contribution in [0.1, 0.15) is 0 Å². The highest BCUT2D eigenvalue weighted by atomic mass is 15.0. The molecule has 0 atom stereocenters. The topological polar surface area (TPSA) is 31.6 Å². The molecule has 0 aliphatic heterocycles. The Balaban J connectivity index is 0.935. The van der Waals surface area contributed by atoms with Gasteiger partial charge in [-0.25, -0.2) is 4.98 Å². The van der Waals surface area contributed by atoms with Crippen LogP contribution in [0.4, 0.5) is 0 Å². The van der Waals surface area contributed by atoms with Crippen LogP contribution in [0.25, 0.3) is 175 Å². The average molecular weight is 988 g/mol. The first-order valence-electron chi connectivity index (χ1n) is 27.0. The molecular weight excluding hydrogens is 947 g/mol. The molecule has 0 aliphatic carbocycles. The van der Waals surface area contributed by atoms with Gasteiger partial charge in [0.25, 0.3) is 0 Å². The number of nitrogens with zero attached hydrogens (tertiary/aromatic N) is 5. The minimum atomic E-state index is 0.978.